The smallest absolute Gasteiger partial charge is 0.324 e. The largest absolute Gasteiger partial charge is 0.332 e. The molecule has 3 rings (SSSR count). The van der Waals surface area contributed by atoms with E-state index in [0.717, 1.165) is 4.31 Å². The van der Waals surface area contributed by atoms with Gasteiger partial charge in [-0.2, -0.15) is 0 Å². The van der Waals surface area contributed by atoms with Gasteiger partial charge in [0.1, 0.15) is 11.7 Å². The first-order valence-corrected chi connectivity index (χ1v) is 9.78. The molecule has 3 aromatic carbocycles. The van der Waals surface area contributed by atoms with Crippen molar-refractivity contribution in [1.29, 1.82) is 0 Å². The van der Waals surface area contributed by atoms with Crippen molar-refractivity contribution < 1.29 is 14.5 Å². The number of halogens is 1. The van der Waals surface area contributed by atoms with E-state index in [1.165, 1.54) is 18.2 Å². The number of para-hydroxylation sites is 2. The van der Waals surface area contributed by atoms with Crippen molar-refractivity contribution in [1.82, 2.24) is 4.31 Å². The molecule has 0 aliphatic heterocycles. The van der Waals surface area contributed by atoms with Gasteiger partial charge in [0.2, 0.25) is 0 Å². The van der Waals surface area contributed by atoms with E-state index in [1.807, 2.05) is 0 Å². The number of nitrogens with one attached hydrogen (secondary N) is 2. The Hall–Kier alpha value is -3.56. The number of carbonyl (C=O) groups is 2. The van der Waals surface area contributed by atoms with Crippen molar-refractivity contribution in [3.8, 4) is 0 Å². The molecule has 158 valence electrons. The molecule has 10 heteroatoms. The molecule has 3 aromatic rings. The lowest BCUT2D eigenvalue weighted by Gasteiger charge is -2.26. The lowest BCUT2D eigenvalue weighted by Crippen LogP contribution is -2.38. The number of nitrogens with zero attached hydrogens (tertiary/aromatic N) is 2. The Kier molecular flexibility index (Phi) is 7.11. The van der Waals surface area contributed by atoms with E-state index in [4.69, 9.17) is 11.6 Å². The summed E-state index contributed by atoms with van der Waals surface area (Å²) in [4.78, 5) is 36.5. The number of carbonyl (C=O) groups excluding carboxylic acids is 2. The lowest BCUT2D eigenvalue weighted by atomic mass is 10.1. The Morgan fingerprint density at radius 1 is 0.968 bits per heavy atom. The first kappa shape index (κ1) is 22.1. The molecule has 0 bridgehead atoms. The first-order chi connectivity index (χ1) is 14.9. The van der Waals surface area contributed by atoms with Crippen LogP contribution in [0.3, 0.4) is 0 Å². The zero-order valence-electron chi connectivity index (χ0n) is 15.9. The van der Waals surface area contributed by atoms with Gasteiger partial charge in [0, 0.05) is 16.8 Å². The molecule has 0 aromatic heterocycles. The summed E-state index contributed by atoms with van der Waals surface area (Å²) in [5.41, 5.74) is 0.643. The molecule has 0 heterocycles. The Morgan fingerprint density at radius 2 is 1.65 bits per heavy atom. The van der Waals surface area contributed by atoms with Crippen LogP contribution in [0, 0.1) is 10.1 Å². The van der Waals surface area contributed by atoms with Gasteiger partial charge in [-0.15, -0.1) is 0 Å². The molecule has 0 saturated carbocycles. The van der Waals surface area contributed by atoms with Gasteiger partial charge in [-0.25, -0.2) is 4.79 Å². The molecule has 2 N–H and O–H groups in total. The molecule has 0 aliphatic rings. The van der Waals surface area contributed by atoms with Gasteiger partial charge in [0.25, 0.3) is 11.6 Å². The standard InChI is InChI=1S/C21H17ClN4O4S/c22-15-9-6-10-16(13-15)23-20(27)19(14-7-2-1-3-8-14)25(31)21(28)24-17-11-4-5-12-18(17)26(29)30/h1-13,19,31H,(H,23,27)(H,24,28). The number of hydrogen-bond acceptors (Lipinski definition) is 5. The van der Waals surface area contributed by atoms with Crippen molar-refractivity contribution in [2.75, 3.05) is 10.6 Å². The van der Waals surface area contributed by atoms with E-state index in [9.17, 15) is 19.7 Å². The zero-order chi connectivity index (χ0) is 22.4. The highest BCUT2D eigenvalue weighted by atomic mass is 35.5. The number of nitro benzene ring substituents is 1. The van der Waals surface area contributed by atoms with Crippen LogP contribution in [0.5, 0.6) is 0 Å². The van der Waals surface area contributed by atoms with Gasteiger partial charge in [-0.05, 0) is 29.8 Å². The van der Waals surface area contributed by atoms with Crippen molar-refractivity contribution in [3.05, 3.63) is 99.6 Å². The molecule has 0 aliphatic carbocycles. The molecule has 0 radical (unpaired) electrons. The molecule has 0 saturated heterocycles. The summed E-state index contributed by atoms with van der Waals surface area (Å²) in [6.07, 6.45) is 0. The summed E-state index contributed by atoms with van der Waals surface area (Å²) in [6, 6.07) is 18.8. The predicted octanol–water partition coefficient (Wildman–Crippen LogP) is 5.31. The second-order valence-corrected chi connectivity index (χ2v) is 7.23. The molecule has 3 amide bonds. The molecular formula is C21H17ClN4O4S. The van der Waals surface area contributed by atoms with E-state index in [-0.39, 0.29) is 11.4 Å². The summed E-state index contributed by atoms with van der Waals surface area (Å²) in [5.74, 6) is -0.541. The normalized spacial score (nSPS) is 11.3. The highest BCUT2D eigenvalue weighted by molar-refractivity contribution is 7.78. The fourth-order valence-electron chi connectivity index (χ4n) is 2.84. The highest BCUT2D eigenvalue weighted by Crippen LogP contribution is 2.28. The molecule has 31 heavy (non-hydrogen) atoms. The third-order valence-electron chi connectivity index (χ3n) is 4.25. The van der Waals surface area contributed by atoms with Crippen LogP contribution in [0.15, 0.2) is 78.9 Å². The van der Waals surface area contributed by atoms with Crippen molar-refractivity contribution in [3.63, 3.8) is 0 Å². The van der Waals surface area contributed by atoms with E-state index < -0.39 is 22.9 Å². The Labute approximate surface area is 188 Å². The Bertz CT molecular complexity index is 1110. The van der Waals surface area contributed by atoms with E-state index in [0.29, 0.717) is 16.3 Å². The van der Waals surface area contributed by atoms with E-state index in [1.54, 1.807) is 60.7 Å². The van der Waals surface area contributed by atoms with Gasteiger partial charge < -0.3 is 10.6 Å². The van der Waals surface area contributed by atoms with Gasteiger partial charge in [0.15, 0.2) is 0 Å². The number of anilines is 2. The van der Waals surface area contributed by atoms with Crippen LogP contribution in [0.2, 0.25) is 5.02 Å². The number of benzene rings is 3. The minimum absolute atomic E-state index is 0.0152. The monoisotopic (exact) mass is 456 g/mol. The average molecular weight is 457 g/mol. The van der Waals surface area contributed by atoms with Crippen molar-refractivity contribution in [2.24, 2.45) is 0 Å². The highest BCUT2D eigenvalue weighted by Gasteiger charge is 2.31. The zero-order valence-corrected chi connectivity index (χ0v) is 17.6. The minimum atomic E-state index is -1.13. The second-order valence-electron chi connectivity index (χ2n) is 6.36. The summed E-state index contributed by atoms with van der Waals surface area (Å²) >= 11 is 10.2. The second kappa shape index (κ2) is 9.96. The van der Waals surface area contributed by atoms with Crippen LogP contribution in [-0.4, -0.2) is 21.2 Å². The fraction of sp³-hybridized carbons (Fsp3) is 0.0476. The average Bonchev–Trinajstić information content (AvgIpc) is 2.75. The molecule has 8 nitrogen and oxygen atoms in total. The summed E-state index contributed by atoms with van der Waals surface area (Å²) < 4.78 is 0.881. The van der Waals surface area contributed by atoms with Crippen LogP contribution >= 0.6 is 24.4 Å². The van der Waals surface area contributed by atoms with Crippen LogP contribution in [0.1, 0.15) is 11.6 Å². The topological polar surface area (TPSA) is 105 Å². The van der Waals surface area contributed by atoms with Gasteiger partial charge >= 0.3 is 6.03 Å². The Balaban J connectivity index is 1.88. The summed E-state index contributed by atoms with van der Waals surface area (Å²) in [5, 5.41) is 16.8. The maximum absolute atomic E-state index is 13.1. The molecule has 0 spiro atoms. The molecule has 1 unspecified atom stereocenters. The van der Waals surface area contributed by atoms with Gasteiger partial charge in [0.05, 0.1) is 4.92 Å². The van der Waals surface area contributed by atoms with Crippen LogP contribution in [-0.2, 0) is 4.79 Å². The van der Waals surface area contributed by atoms with Crippen molar-refractivity contribution in [2.45, 2.75) is 6.04 Å². The summed E-state index contributed by atoms with van der Waals surface area (Å²) in [6.45, 7) is 0. The number of urea groups is 1. The number of nitro groups is 1. The van der Waals surface area contributed by atoms with Crippen LogP contribution in [0.25, 0.3) is 0 Å². The fourth-order valence-corrected chi connectivity index (χ4v) is 3.32. The minimum Gasteiger partial charge on any atom is -0.324 e. The maximum Gasteiger partial charge on any atom is 0.332 e. The summed E-state index contributed by atoms with van der Waals surface area (Å²) in [7, 11) is 0. The predicted molar refractivity (Wildman–Crippen MR) is 122 cm³/mol. The SMILES string of the molecule is O=C(Nc1cccc(Cl)c1)C(c1ccccc1)N(S)C(=O)Nc1ccccc1[N+](=O)[O-]. The number of amides is 3. The lowest BCUT2D eigenvalue weighted by molar-refractivity contribution is -0.383. The maximum atomic E-state index is 13.1. The van der Waals surface area contributed by atoms with E-state index >= 15 is 0 Å². The van der Waals surface area contributed by atoms with E-state index in [2.05, 4.69) is 23.4 Å². The molecule has 0 fully saturated rings. The van der Waals surface area contributed by atoms with Gasteiger partial charge in [-0.3, -0.25) is 19.2 Å². The quantitative estimate of drug-likeness (QED) is 0.265. The number of rotatable bonds is 6. The third kappa shape index (κ3) is 5.53. The number of thiol groups is 1. The first-order valence-electron chi connectivity index (χ1n) is 9.00. The van der Waals surface area contributed by atoms with Crippen LogP contribution < -0.4 is 10.6 Å². The van der Waals surface area contributed by atoms with Crippen molar-refractivity contribution >= 4 is 53.4 Å². The number of hydrogen-bond donors (Lipinski definition) is 3. The van der Waals surface area contributed by atoms with Crippen LogP contribution in [0.4, 0.5) is 21.9 Å². The van der Waals surface area contributed by atoms with Gasteiger partial charge in [-0.1, -0.05) is 72.9 Å². The molecular weight excluding hydrogens is 440 g/mol. The third-order valence-corrected chi connectivity index (χ3v) is 4.90. The Morgan fingerprint density at radius 3 is 2.32 bits per heavy atom. The molecule has 1 atom stereocenters.